The number of hydrogen-bond acceptors (Lipinski definition) is 7. The van der Waals surface area contributed by atoms with E-state index in [4.69, 9.17) is 36.0 Å². The Morgan fingerprint density at radius 3 is 2.44 bits per heavy atom. The minimum absolute atomic E-state index is 0.0710. The number of halogens is 1. The molecule has 0 saturated heterocycles. The van der Waals surface area contributed by atoms with E-state index in [-0.39, 0.29) is 42.6 Å². The molecule has 2 aromatic rings. The third-order valence-corrected chi connectivity index (χ3v) is 8.46. The van der Waals surface area contributed by atoms with Crippen LogP contribution in [0.4, 0.5) is 5.69 Å². The first kappa shape index (κ1) is 30.5. The number of carbonyl (C=O) groups excluding carboxylic acids is 1. The number of anilines is 1. The molecule has 0 aromatic heterocycles. The van der Waals surface area contributed by atoms with Crippen LogP contribution < -0.4 is 19.1 Å². The second-order valence-electron chi connectivity index (χ2n) is 10.5. The molecule has 9 nitrogen and oxygen atoms in total. The maximum Gasteiger partial charge on any atom is 0.303 e. The fourth-order valence-corrected chi connectivity index (χ4v) is 6.18. The number of hydrazone groups is 1. The molecule has 0 spiro atoms. The molecule has 222 valence electrons. The Kier molecular flexibility index (Phi) is 10.4. The van der Waals surface area contributed by atoms with Gasteiger partial charge in [0.05, 0.1) is 33.1 Å². The molecule has 0 aliphatic carbocycles. The number of benzene rings is 2. The second kappa shape index (κ2) is 13.9. The van der Waals surface area contributed by atoms with Gasteiger partial charge in [-0.05, 0) is 49.1 Å². The first-order valence-electron chi connectivity index (χ1n) is 14.2. The summed E-state index contributed by atoms with van der Waals surface area (Å²) in [5.41, 5.74) is 3.44. The number of rotatable bonds is 13. The largest absolute Gasteiger partial charge is 0.497 e. The van der Waals surface area contributed by atoms with Crippen LogP contribution in [-0.4, -0.2) is 67.1 Å². The summed E-state index contributed by atoms with van der Waals surface area (Å²) in [4.78, 5) is 26.9. The van der Waals surface area contributed by atoms with Crippen molar-refractivity contribution < 1.29 is 28.9 Å². The predicted molar refractivity (Wildman–Crippen MR) is 160 cm³/mol. The summed E-state index contributed by atoms with van der Waals surface area (Å²) >= 11 is 7.31. The average Bonchev–Trinajstić information content (AvgIpc) is 3.42. The highest BCUT2D eigenvalue weighted by atomic mass is 35.5. The van der Waals surface area contributed by atoms with E-state index >= 15 is 0 Å². The monoisotopic (exact) mass is 585 g/mol. The number of amides is 1. The van der Waals surface area contributed by atoms with Crippen molar-refractivity contribution in [2.24, 2.45) is 11.0 Å². The van der Waals surface area contributed by atoms with Gasteiger partial charge >= 0.3 is 5.97 Å². The summed E-state index contributed by atoms with van der Waals surface area (Å²) in [7, 11) is 4.83. The van der Waals surface area contributed by atoms with E-state index < -0.39 is 5.97 Å². The number of carboxylic acids is 1. The molecule has 4 rings (SSSR count). The standard InChI is InChI=1S/C31H40ClN3O6/c1-5-6-7-15-34-25-18-22(39-2)13-11-21(25)16-23(31(34)32)26-19-24(20-12-14-27(40-3)28(17-20)41-4)33-35(26)29(36)9-8-10-30(37)38/h11-14,17-18,23,26,31H,5-10,15-16,19H2,1-4H3,(H,37,38). The van der Waals surface area contributed by atoms with Crippen LogP contribution in [0.25, 0.3) is 0 Å². The highest BCUT2D eigenvalue weighted by molar-refractivity contribution is 6.22. The molecular formula is C31H40ClN3O6. The number of methoxy groups -OCH3 is 3. The maximum absolute atomic E-state index is 13.5. The van der Waals surface area contributed by atoms with Gasteiger partial charge in [-0.25, -0.2) is 5.01 Å². The quantitative estimate of drug-likeness (QED) is 0.183. The highest BCUT2D eigenvalue weighted by Crippen LogP contribution is 2.43. The van der Waals surface area contributed by atoms with E-state index in [1.165, 1.54) is 0 Å². The Balaban J connectivity index is 1.68. The lowest BCUT2D eigenvalue weighted by atomic mass is 9.83. The van der Waals surface area contributed by atoms with Crippen molar-refractivity contribution in [2.45, 2.75) is 69.8 Å². The van der Waals surface area contributed by atoms with Gasteiger partial charge in [0.2, 0.25) is 5.91 Å². The lowest BCUT2D eigenvalue weighted by molar-refractivity contribution is -0.137. The van der Waals surface area contributed by atoms with Crippen molar-refractivity contribution in [3.05, 3.63) is 47.5 Å². The summed E-state index contributed by atoms with van der Waals surface area (Å²) in [6.45, 7) is 2.97. The van der Waals surface area contributed by atoms with Crippen molar-refractivity contribution in [1.82, 2.24) is 5.01 Å². The molecule has 2 aliphatic heterocycles. The van der Waals surface area contributed by atoms with Gasteiger partial charge in [0.15, 0.2) is 11.5 Å². The van der Waals surface area contributed by atoms with Crippen molar-refractivity contribution in [2.75, 3.05) is 32.8 Å². The summed E-state index contributed by atoms with van der Waals surface area (Å²) in [5, 5.41) is 15.5. The van der Waals surface area contributed by atoms with E-state index in [2.05, 4.69) is 17.9 Å². The number of unbranched alkanes of at least 4 members (excludes halogenated alkanes) is 2. The third-order valence-electron chi connectivity index (χ3n) is 7.90. The van der Waals surface area contributed by atoms with Gasteiger partial charge in [-0.2, -0.15) is 5.10 Å². The number of nitrogens with zero attached hydrogens (tertiary/aromatic N) is 3. The number of carboxylic acid groups (broad SMARTS) is 1. The Morgan fingerprint density at radius 2 is 1.76 bits per heavy atom. The van der Waals surface area contributed by atoms with Gasteiger partial charge < -0.3 is 24.2 Å². The molecule has 10 heteroatoms. The van der Waals surface area contributed by atoms with Gasteiger partial charge in [-0.3, -0.25) is 9.59 Å². The summed E-state index contributed by atoms with van der Waals surface area (Å²) in [5.74, 6) is 0.733. The Bertz CT molecular complexity index is 1270. The molecule has 2 aromatic carbocycles. The van der Waals surface area contributed by atoms with Crippen LogP contribution in [0.5, 0.6) is 17.2 Å². The zero-order valence-electron chi connectivity index (χ0n) is 24.3. The number of alkyl halides is 1. The zero-order chi connectivity index (χ0) is 29.5. The van der Waals surface area contributed by atoms with Crippen molar-refractivity contribution in [3.8, 4) is 17.2 Å². The van der Waals surface area contributed by atoms with Gasteiger partial charge in [-0.15, -0.1) is 0 Å². The molecule has 0 bridgehead atoms. The van der Waals surface area contributed by atoms with E-state index in [0.717, 1.165) is 54.1 Å². The van der Waals surface area contributed by atoms with E-state index in [1.807, 2.05) is 30.3 Å². The number of fused-ring (bicyclic) bond motifs is 1. The molecule has 0 saturated carbocycles. The zero-order valence-corrected chi connectivity index (χ0v) is 25.0. The summed E-state index contributed by atoms with van der Waals surface area (Å²) in [6.07, 6.45) is 4.65. The van der Waals surface area contributed by atoms with Crippen LogP contribution in [0.3, 0.4) is 0 Å². The smallest absolute Gasteiger partial charge is 0.303 e. The SMILES string of the molecule is CCCCCN1c2cc(OC)ccc2CC(C2CC(c3ccc(OC)c(OC)c3)=NN2C(=O)CCCC(=O)O)C1Cl. The molecule has 2 heterocycles. The van der Waals surface area contributed by atoms with Gasteiger partial charge in [0.25, 0.3) is 0 Å². The van der Waals surface area contributed by atoms with Crippen molar-refractivity contribution in [3.63, 3.8) is 0 Å². The first-order chi connectivity index (χ1) is 19.8. The van der Waals surface area contributed by atoms with E-state index in [0.29, 0.717) is 24.3 Å². The normalized spacial score (nSPS) is 19.9. The maximum atomic E-state index is 13.5. The topological polar surface area (TPSA) is 101 Å². The van der Waals surface area contributed by atoms with Gasteiger partial charge in [0, 0.05) is 49.0 Å². The van der Waals surface area contributed by atoms with Gasteiger partial charge in [0.1, 0.15) is 11.3 Å². The van der Waals surface area contributed by atoms with E-state index in [1.54, 1.807) is 26.3 Å². The Labute approximate surface area is 247 Å². The minimum atomic E-state index is -0.923. The van der Waals surface area contributed by atoms with Crippen LogP contribution in [0.15, 0.2) is 41.5 Å². The molecule has 0 radical (unpaired) electrons. The second-order valence-corrected chi connectivity index (χ2v) is 11.0. The molecule has 1 amide bonds. The lowest BCUT2D eigenvalue weighted by Gasteiger charge is -2.44. The Hall–Kier alpha value is -3.46. The molecule has 1 N–H and O–H groups in total. The molecule has 0 fully saturated rings. The lowest BCUT2D eigenvalue weighted by Crippen LogP contribution is -2.51. The van der Waals surface area contributed by atoms with Crippen LogP contribution in [0.1, 0.15) is 63.0 Å². The summed E-state index contributed by atoms with van der Waals surface area (Å²) < 4.78 is 16.4. The van der Waals surface area contributed by atoms with E-state index in [9.17, 15) is 9.59 Å². The van der Waals surface area contributed by atoms with Crippen LogP contribution in [0.2, 0.25) is 0 Å². The van der Waals surface area contributed by atoms with Crippen LogP contribution >= 0.6 is 11.6 Å². The van der Waals surface area contributed by atoms with Crippen LogP contribution in [-0.2, 0) is 16.0 Å². The average molecular weight is 586 g/mol. The molecule has 41 heavy (non-hydrogen) atoms. The number of carbonyl (C=O) groups is 2. The fourth-order valence-electron chi connectivity index (χ4n) is 5.72. The van der Waals surface area contributed by atoms with Crippen LogP contribution in [0, 0.1) is 5.92 Å². The predicted octanol–water partition coefficient (Wildman–Crippen LogP) is 5.71. The molecule has 2 aliphatic rings. The number of hydrogen-bond donors (Lipinski definition) is 1. The first-order valence-corrected chi connectivity index (χ1v) is 14.7. The van der Waals surface area contributed by atoms with Gasteiger partial charge in [-0.1, -0.05) is 37.4 Å². The number of aliphatic carboxylic acids is 1. The third kappa shape index (κ3) is 6.89. The number of ether oxygens (including phenoxy) is 3. The fraction of sp³-hybridized carbons (Fsp3) is 0.516. The highest BCUT2D eigenvalue weighted by Gasteiger charge is 2.44. The molecule has 3 unspecified atom stereocenters. The van der Waals surface area contributed by atoms with Crippen molar-refractivity contribution in [1.29, 1.82) is 0 Å². The summed E-state index contributed by atoms with van der Waals surface area (Å²) in [6, 6.07) is 11.4. The Morgan fingerprint density at radius 1 is 0.976 bits per heavy atom. The minimum Gasteiger partial charge on any atom is -0.497 e. The van der Waals surface area contributed by atoms with Crippen molar-refractivity contribution >= 4 is 34.9 Å². The molecular weight excluding hydrogens is 546 g/mol. The molecule has 3 atom stereocenters.